The number of para-hydroxylation sites is 1. The summed E-state index contributed by atoms with van der Waals surface area (Å²) >= 11 is 2.16. The molecule has 0 aliphatic carbocycles. The fourth-order valence-corrected chi connectivity index (χ4v) is 3.52. The number of thioether (sulfide) groups is 1. The number of nitrogens with zero attached hydrogens (tertiary/aromatic N) is 2. The minimum absolute atomic E-state index is 0.258. The summed E-state index contributed by atoms with van der Waals surface area (Å²) in [6.45, 7) is 0. The molecule has 2 amide bonds. The van der Waals surface area contributed by atoms with Gasteiger partial charge >= 0.3 is 0 Å². The predicted octanol–water partition coefficient (Wildman–Crippen LogP) is 2.43. The third-order valence-corrected chi connectivity index (χ3v) is 4.46. The Morgan fingerprint density at radius 1 is 1.16 bits per heavy atom. The van der Waals surface area contributed by atoms with E-state index in [2.05, 4.69) is 0 Å². The lowest BCUT2D eigenvalue weighted by atomic mass is 10.3. The van der Waals surface area contributed by atoms with Crippen LogP contribution in [0.3, 0.4) is 0 Å². The van der Waals surface area contributed by atoms with E-state index in [9.17, 15) is 9.59 Å². The highest BCUT2D eigenvalue weighted by Crippen LogP contribution is 2.37. The lowest BCUT2D eigenvalue weighted by molar-refractivity contribution is -0.118. The molecule has 1 aromatic carbocycles. The number of hydrogen-bond acceptors (Lipinski definition) is 5. The van der Waals surface area contributed by atoms with Gasteiger partial charge in [-0.1, -0.05) is 18.2 Å². The Hall–Kier alpha value is -1.86. The summed E-state index contributed by atoms with van der Waals surface area (Å²) in [7, 11) is 0. The number of anilines is 1. The summed E-state index contributed by atoms with van der Waals surface area (Å²) < 4.78 is 1.51. The normalized spacial score (nSPS) is 19.2. The fraction of sp³-hybridized carbons (Fsp3) is 0.0833. The quantitative estimate of drug-likeness (QED) is 0.924. The van der Waals surface area contributed by atoms with Crippen molar-refractivity contribution in [3.8, 4) is 0 Å². The number of amides is 2. The van der Waals surface area contributed by atoms with E-state index in [0.29, 0.717) is 5.69 Å². The van der Waals surface area contributed by atoms with Crippen molar-refractivity contribution >= 4 is 39.9 Å². The van der Waals surface area contributed by atoms with Gasteiger partial charge in [0.1, 0.15) is 0 Å². The molecular weight excluding hydrogens is 282 g/mol. The molecule has 7 heteroatoms. The van der Waals surface area contributed by atoms with Crippen molar-refractivity contribution in [3.05, 3.63) is 46.7 Å². The molecule has 2 heterocycles. The number of carbonyl (C=O) groups is 2. The van der Waals surface area contributed by atoms with E-state index >= 15 is 0 Å². The molecule has 0 bridgehead atoms. The average molecular weight is 291 g/mol. The molecule has 2 aromatic rings. The third-order valence-electron chi connectivity index (χ3n) is 2.73. The average Bonchev–Trinajstić information content (AvgIpc) is 2.94. The van der Waals surface area contributed by atoms with E-state index in [1.165, 1.54) is 20.8 Å². The maximum atomic E-state index is 12.4. The summed E-state index contributed by atoms with van der Waals surface area (Å²) in [6, 6.07) is 8.83. The topological polar surface area (TPSA) is 66.2 Å². The minimum atomic E-state index is -0.675. The van der Waals surface area contributed by atoms with Crippen LogP contribution in [0, 0.1) is 5.41 Å². The number of rotatable bonds is 2. The van der Waals surface area contributed by atoms with Crippen LogP contribution < -0.4 is 9.70 Å². The van der Waals surface area contributed by atoms with Gasteiger partial charge in [-0.15, -0.1) is 11.3 Å². The van der Waals surface area contributed by atoms with Gasteiger partial charge in [-0.25, -0.2) is 4.90 Å². The van der Waals surface area contributed by atoms with Gasteiger partial charge in [-0.2, -0.15) is 0 Å². The van der Waals surface area contributed by atoms with E-state index in [0.717, 1.165) is 11.8 Å². The molecular formula is C12H9N3O2S2. The van der Waals surface area contributed by atoms with Gasteiger partial charge in [0.25, 0.3) is 11.1 Å². The molecule has 0 spiro atoms. The van der Waals surface area contributed by atoms with Crippen LogP contribution in [0.5, 0.6) is 0 Å². The first-order chi connectivity index (χ1) is 9.18. The Kier molecular flexibility index (Phi) is 3.00. The second kappa shape index (κ2) is 4.67. The van der Waals surface area contributed by atoms with Crippen LogP contribution in [0.1, 0.15) is 5.37 Å². The first-order valence-corrected chi connectivity index (χ1v) is 7.24. The molecule has 3 rings (SSSR count). The van der Waals surface area contributed by atoms with E-state index in [4.69, 9.17) is 5.41 Å². The Morgan fingerprint density at radius 2 is 1.89 bits per heavy atom. The van der Waals surface area contributed by atoms with E-state index in [1.807, 2.05) is 6.07 Å². The number of thiazole rings is 1. The van der Waals surface area contributed by atoms with Gasteiger partial charge in [-0.3, -0.25) is 15.0 Å². The van der Waals surface area contributed by atoms with Gasteiger partial charge in [0, 0.05) is 11.6 Å². The lowest BCUT2D eigenvalue weighted by Gasteiger charge is -2.13. The van der Waals surface area contributed by atoms with E-state index in [-0.39, 0.29) is 15.9 Å². The molecule has 1 saturated heterocycles. The third kappa shape index (κ3) is 2.00. The zero-order chi connectivity index (χ0) is 13.4. The van der Waals surface area contributed by atoms with Crippen LogP contribution in [-0.4, -0.2) is 15.7 Å². The first kappa shape index (κ1) is 12.2. The SMILES string of the molecule is N=c1sccn1[C@@H]1SC(=O)N(c2ccccc2)C1=O. The van der Waals surface area contributed by atoms with Crippen molar-refractivity contribution in [1.29, 1.82) is 5.41 Å². The second-order valence-corrected chi connectivity index (χ2v) is 5.79. The lowest BCUT2D eigenvalue weighted by Crippen LogP contribution is -2.32. The number of carbonyl (C=O) groups excluding carboxylic acids is 2. The van der Waals surface area contributed by atoms with E-state index < -0.39 is 5.37 Å². The molecule has 1 aromatic heterocycles. The van der Waals surface area contributed by atoms with Crippen molar-refractivity contribution in [2.24, 2.45) is 0 Å². The molecule has 19 heavy (non-hydrogen) atoms. The van der Waals surface area contributed by atoms with Gasteiger partial charge in [0.05, 0.1) is 5.69 Å². The molecule has 1 aliphatic heterocycles. The van der Waals surface area contributed by atoms with Gasteiger partial charge < -0.3 is 4.57 Å². The largest absolute Gasteiger partial charge is 0.302 e. The van der Waals surface area contributed by atoms with Crippen molar-refractivity contribution in [2.45, 2.75) is 5.37 Å². The van der Waals surface area contributed by atoms with Crippen molar-refractivity contribution in [1.82, 2.24) is 4.57 Å². The molecule has 1 atom stereocenters. The van der Waals surface area contributed by atoms with Crippen molar-refractivity contribution in [3.63, 3.8) is 0 Å². The standard InChI is InChI=1S/C12H9N3O2S2/c13-11-14(6-7-18-11)10-9(16)15(12(17)19-10)8-4-2-1-3-5-8/h1-7,10,13H/t10-/m1/s1. The molecule has 0 unspecified atom stereocenters. The zero-order valence-corrected chi connectivity index (χ0v) is 11.3. The van der Waals surface area contributed by atoms with Gasteiger partial charge in [-0.05, 0) is 23.9 Å². The van der Waals surface area contributed by atoms with Crippen molar-refractivity contribution in [2.75, 3.05) is 4.90 Å². The van der Waals surface area contributed by atoms with E-state index in [1.54, 1.807) is 35.8 Å². The molecule has 96 valence electrons. The van der Waals surface area contributed by atoms with Crippen molar-refractivity contribution < 1.29 is 9.59 Å². The Labute approximate surface area is 117 Å². The summed E-state index contributed by atoms with van der Waals surface area (Å²) in [5.41, 5.74) is 0.565. The zero-order valence-electron chi connectivity index (χ0n) is 9.65. The van der Waals surface area contributed by atoms with Crippen LogP contribution in [0.4, 0.5) is 10.5 Å². The maximum Gasteiger partial charge on any atom is 0.295 e. The molecule has 0 saturated carbocycles. The van der Waals surface area contributed by atoms with Crippen LogP contribution in [0.25, 0.3) is 0 Å². The molecule has 5 nitrogen and oxygen atoms in total. The number of benzene rings is 1. The fourth-order valence-electron chi connectivity index (χ4n) is 1.86. The van der Waals surface area contributed by atoms with Gasteiger partial charge in [0.15, 0.2) is 10.2 Å². The Morgan fingerprint density at radius 3 is 2.53 bits per heavy atom. The number of imide groups is 1. The number of hydrogen-bond donors (Lipinski definition) is 1. The van der Waals surface area contributed by atoms with Crippen LogP contribution in [0.15, 0.2) is 41.9 Å². The van der Waals surface area contributed by atoms with Gasteiger partial charge in [0.2, 0.25) is 0 Å². The first-order valence-electron chi connectivity index (χ1n) is 5.48. The smallest absolute Gasteiger partial charge is 0.295 e. The molecule has 1 fully saturated rings. The van der Waals surface area contributed by atoms with Crippen LogP contribution in [-0.2, 0) is 4.79 Å². The predicted molar refractivity (Wildman–Crippen MR) is 74.1 cm³/mol. The second-order valence-electron chi connectivity index (χ2n) is 3.86. The summed E-state index contributed by atoms with van der Waals surface area (Å²) in [5, 5.41) is 8.48. The molecule has 0 radical (unpaired) electrons. The Bertz CT molecular complexity index is 692. The van der Waals surface area contributed by atoms with Crippen LogP contribution in [0.2, 0.25) is 0 Å². The summed E-state index contributed by atoms with van der Waals surface area (Å²) in [4.78, 5) is 25.8. The highest BCUT2D eigenvalue weighted by atomic mass is 32.2. The monoisotopic (exact) mass is 291 g/mol. The number of aromatic nitrogens is 1. The Balaban J connectivity index is 1.99. The molecule has 1 aliphatic rings. The number of nitrogens with one attached hydrogen (secondary N) is 1. The molecule has 1 N–H and O–H groups in total. The highest BCUT2D eigenvalue weighted by molar-refractivity contribution is 8.15. The van der Waals surface area contributed by atoms with Crippen LogP contribution >= 0.6 is 23.1 Å². The highest BCUT2D eigenvalue weighted by Gasteiger charge is 2.41. The maximum absolute atomic E-state index is 12.4. The summed E-state index contributed by atoms with van der Waals surface area (Å²) in [5.74, 6) is -0.307. The minimum Gasteiger partial charge on any atom is -0.302 e. The summed E-state index contributed by atoms with van der Waals surface area (Å²) in [6.07, 6.45) is 1.66.